The summed E-state index contributed by atoms with van der Waals surface area (Å²) in [7, 11) is 2.15. The Balaban J connectivity index is 1.52. The van der Waals surface area contributed by atoms with E-state index in [4.69, 9.17) is 0 Å². The van der Waals surface area contributed by atoms with Crippen LogP contribution in [0.4, 0.5) is 5.82 Å². The first kappa shape index (κ1) is 15.7. The van der Waals surface area contributed by atoms with Gasteiger partial charge in [0.15, 0.2) is 0 Å². The van der Waals surface area contributed by atoms with E-state index in [9.17, 15) is 5.11 Å². The van der Waals surface area contributed by atoms with Gasteiger partial charge in [-0.1, -0.05) is 6.07 Å². The summed E-state index contributed by atoms with van der Waals surface area (Å²) in [5.74, 6) is 1.52. The first-order valence-electron chi connectivity index (χ1n) is 8.39. The van der Waals surface area contributed by atoms with Gasteiger partial charge < -0.3 is 14.9 Å². The largest absolute Gasteiger partial charge is 0.393 e. The molecule has 0 radical (unpaired) electrons. The fourth-order valence-electron chi connectivity index (χ4n) is 3.66. The van der Waals surface area contributed by atoms with E-state index in [1.807, 2.05) is 12.3 Å². The number of piperidine rings is 1. The van der Waals surface area contributed by atoms with Crippen molar-refractivity contribution < 1.29 is 5.11 Å². The molecule has 0 aliphatic carbocycles. The summed E-state index contributed by atoms with van der Waals surface area (Å²) in [5, 5.41) is 10.2. The van der Waals surface area contributed by atoms with E-state index in [1.54, 1.807) is 0 Å². The summed E-state index contributed by atoms with van der Waals surface area (Å²) < 4.78 is 0. The summed E-state index contributed by atoms with van der Waals surface area (Å²) >= 11 is 0. The van der Waals surface area contributed by atoms with Gasteiger partial charge in [-0.3, -0.25) is 4.90 Å². The highest BCUT2D eigenvalue weighted by atomic mass is 16.3. The number of nitrogens with zero attached hydrogens (tertiary/aromatic N) is 4. The zero-order chi connectivity index (χ0) is 15.5. The van der Waals surface area contributed by atoms with Crippen LogP contribution < -0.4 is 4.90 Å². The van der Waals surface area contributed by atoms with Crippen LogP contribution in [0, 0.1) is 12.8 Å². The van der Waals surface area contributed by atoms with Crippen LogP contribution in [0.2, 0.25) is 0 Å². The van der Waals surface area contributed by atoms with E-state index < -0.39 is 0 Å². The van der Waals surface area contributed by atoms with Gasteiger partial charge in [0.1, 0.15) is 5.82 Å². The maximum Gasteiger partial charge on any atom is 0.131 e. The summed E-state index contributed by atoms with van der Waals surface area (Å²) in [6.45, 7) is 9.34. The summed E-state index contributed by atoms with van der Waals surface area (Å²) in [6.07, 6.45) is 2.66. The highest BCUT2D eigenvalue weighted by Gasteiger charge is 2.29. The number of piperazine rings is 1. The average Bonchev–Trinajstić information content (AvgIpc) is 2.52. The number of aliphatic hydroxyl groups is 1. The van der Waals surface area contributed by atoms with Gasteiger partial charge in [0.2, 0.25) is 0 Å². The van der Waals surface area contributed by atoms with Crippen molar-refractivity contribution in [3.8, 4) is 0 Å². The van der Waals surface area contributed by atoms with Crippen molar-refractivity contribution in [2.45, 2.75) is 19.4 Å². The Morgan fingerprint density at radius 3 is 2.73 bits per heavy atom. The van der Waals surface area contributed by atoms with Gasteiger partial charge in [-0.2, -0.15) is 0 Å². The molecule has 2 saturated heterocycles. The van der Waals surface area contributed by atoms with Gasteiger partial charge in [0.25, 0.3) is 0 Å². The average molecular weight is 304 g/mol. The summed E-state index contributed by atoms with van der Waals surface area (Å²) in [4.78, 5) is 11.7. The third-order valence-electron chi connectivity index (χ3n) is 5.04. The van der Waals surface area contributed by atoms with Gasteiger partial charge in [0.05, 0.1) is 6.10 Å². The van der Waals surface area contributed by atoms with E-state index in [2.05, 4.69) is 39.7 Å². The maximum absolute atomic E-state index is 10.2. The van der Waals surface area contributed by atoms with Crippen molar-refractivity contribution in [1.29, 1.82) is 0 Å². The molecule has 0 saturated carbocycles. The van der Waals surface area contributed by atoms with Crippen LogP contribution in [0.15, 0.2) is 18.3 Å². The number of pyridine rings is 1. The number of hydrogen-bond donors (Lipinski definition) is 1. The number of likely N-dealkylation sites (tertiary alicyclic amines) is 1. The second kappa shape index (κ2) is 6.94. The van der Waals surface area contributed by atoms with E-state index >= 15 is 0 Å². The van der Waals surface area contributed by atoms with Crippen LogP contribution in [0.1, 0.15) is 12.0 Å². The van der Waals surface area contributed by atoms with Crippen LogP contribution in [0.25, 0.3) is 0 Å². The summed E-state index contributed by atoms with van der Waals surface area (Å²) in [6, 6.07) is 4.12. The molecule has 122 valence electrons. The van der Waals surface area contributed by atoms with Crippen molar-refractivity contribution in [3.05, 3.63) is 23.9 Å². The third kappa shape index (κ3) is 3.59. The fourth-order valence-corrected chi connectivity index (χ4v) is 3.66. The zero-order valence-electron chi connectivity index (χ0n) is 13.8. The molecular weight excluding hydrogens is 276 g/mol. The Bertz CT molecular complexity index is 487. The highest BCUT2D eigenvalue weighted by Crippen LogP contribution is 2.21. The van der Waals surface area contributed by atoms with Crippen LogP contribution in [-0.4, -0.2) is 78.9 Å². The lowest BCUT2D eigenvalue weighted by atomic mass is 9.94. The summed E-state index contributed by atoms with van der Waals surface area (Å²) in [5.41, 5.74) is 1.25. The lowest BCUT2D eigenvalue weighted by molar-refractivity contribution is 0.0170. The Morgan fingerprint density at radius 1 is 1.23 bits per heavy atom. The van der Waals surface area contributed by atoms with Crippen molar-refractivity contribution >= 4 is 5.82 Å². The Labute approximate surface area is 133 Å². The standard InChI is InChI=1S/C17H28N4O/c1-14-4-3-6-18-17(14)21-10-8-20(9-11-21)13-15-12-19(2)7-5-16(15)22/h3-4,6,15-16,22H,5,7-13H2,1-2H3/t15-,16+/m0/s1. The van der Waals surface area contributed by atoms with Gasteiger partial charge in [-0.05, 0) is 32.0 Å². The van der Waals surface area contributed by atoms with Crippen LogP contribution in [0.3, 0.4) is 0 Å². The molecule has 0 bridgehead atoms. The first-order valence-corrected chi connectivity index (χ1v) is 8.39. The molecule has 0 unspecified atom stereocenters. The van der Waals surface area contributed by atoms with Crippen molar-refractivity contribution in [2.24, 2.45) is 5.92 Å². The minimum absolute atomic E-state index is 0.132. The lowest BCUT2D eigenvalue weighted by Gasteiger charge is -2.40. The third-order valence-corrected chi connectivity index (χ3v) is 5.04. The molecule has 5 heteroatoms. The quantitative estimate of drug-likeness (QED) is 0.896. The number of rotatable bonds is 3. The Kier molecular flexibility index (Phi) is 4.96. The lowest BCUT2D eigenvalue weighted by Crippen LogP contribution is -2.52. The van der Waals surface area contributed by atoms with Gasteiger partial charge in [-0.25, -0.2) is 4.98 Å². The van der Waals surface area contributed by atoms with E-state index in [-0.39, 0.29) is 6.10 Å². The van der Waals surface area contributed by atoms with Crippen molar-refractivity contribution in [1.82, 2.24) is 14.8 Å². The molecule has 0 spiro atoms. The number of aryl methyl sites for hydroxylation is 1. The Morgan fingerprint density at radius 2 is 2.00 bits per heavy atom. The molecule has 3 heterocycles. The van der Waals surface area contributed by atoms with Gasteiger partial charge in [-0.15, -0.1) is 0 Å². The molecule has 5 nitrogen and oxygen atoms in total. The highest BCUT2D eigenvalue weighted by molar-refractivity contribution is 5.46. The SMILES string of the molecule is Cc1cccnc1N1CCN(C[C@@H]2CN(C)CC[C@H]2O)CC1. The molecule has 22 heavy (non-hydrogen) atoms. The number of aliphatic hydroxyl groups excluding tert-OH is 1. The number of anilines is 1. The normalized spacial score (nSPS) is 28.0. The maximum atomic E-state index is 10.2. The second-order valence-corrected chi connectivity index (χ2v) is 6.81. The molecule has 0 amide bonds. The molecule has 2 fully saturated rings. The van der Waals surface area contributed by atoms with Crippen LogP contribution >= 0.6 is 0 Å². The minimum Gasteiger partial charge on any atom is -0.393 e. The molecule has 1 N–H and O–H groups in total. The molecule has 1 aromatic heterocycles. The van der Waals surface area contributed by atoms with E-state index in [0.29, 0.717) is 5.92 Å². The monoisotopic (exact) mass is 304 g/mol. The number of hydrogen-bond acceptors (Lipinski definition) is 5. The zero-order valence-corrected chi connectivity index (χ0v) is 13.8. The molecule has 2 atom stereocenters. The molecule has 3 rings (SSSR count). The molecule has 2 aliphatic heterocycles. The predicted octanol–water partition coefficient (Wildman–Crippen LogP) is 0.825. The first-order chi connectivity index (χ1) is 10.6. The fraction of sp³-hybridized carbons (Fsp3) is 0.706. The second-order valence-electron chi connectivity index (χ2n) is 6.81. The van der Waals surface area contributed by atoms with Crippen molar-refractivity contribution in [2.75, 3.05) is 57.8 Å². The molecule has 2 aliphatic rings. The van der Waals surface area contributed by atoms with Crippen LogP contribution in [0.5, 0.6) is 0 Å². The van der Waals surface area contributed by atoms with Crippen LogP contribution in [-0.2, 0) is 0 Å². The topological polar surface area (TPSA) is 42.8 Å². The minimum atomic E-state index is -0.132. The molecule has 1 aromatic rings. The number of aromatic nitrogens is 1. The van der Waals surface area contributed by atoms with Crippen molar-refractivity contribution in [3.63, 3.8) is 0 Å². The van der Waals surface area contributed by atoms with Gasteiger partial charge >= 0.3 is 0 Å². The molecular formula is C17H28N4O. The smallest absolute Gasteiger partial charge is 0.131 e. The Hall–Kier alpha value is -1.17. The van der Waals surface area contributed by atoms with Gasteiger partial charge in [0, 0.05) is 57.9 Å². The predicted molar refractivity (Wildman–Crippen MR) is 89.2 cm³/mol. The molecule has 0 aromatic carbocycles. The van der Waals surface area contributed by atoms with E-state index in [1.165, 1.54) is 5.56 Å². The van der Waals surface area contributed by atoms with E-state index in [0.717, 1.165) is 58.1 Å².